The topological polar surface area (TPSA) is 103 Å². The standard InChI is InChI=1S/C12H11N5O2S/c1-8-10(9-5-3-2-4-6-9)7-17-11(14-8)15-12(16-17)20(13,18)19/h2-7H,1H3,(H2,13,18,19). The third-order valence-electron chi connectivity index (χ3n) is 2.84. The van der Waals surface area contributed by atoms with Crippen LogP contribution in [0.1, 0.15) is 5.69 Å². The van der Waals surface area contributed by atoms with Gasteiger partial charge in [-0.2, -0.15) is 4.98 Å². The van der Waals surface area contributed by atoms with Gasteiger partial charge in [-0.1, -0.05) is 30.3 Å². The van der Waals surface area contributed by atoms with E-state index in [0.717, 1.165) is 16.8 Å². The van der Waals surface area contributed by atoms with Gasteiger partial charge < -0.3 is 0 Å². The van der Waals surface area contributed by atoms with Crippen LogP contribution in [-0.4, -0.2) is 28.0 Å². The van der Waals surface area contributed by atoms with E-state index >= 15 is 0 Å². The average Bonchev–Trinajstić information content (AvgIpc) is 2.81. The molecule has 2 aromatic heterocycles. The molecular formula is C12H11N5O2S. The molecule has 0 fully saturated rings. The number of nitrogens with two attached hydrogens (primary N) is 1. The van der Waals surface area contributed by atoms with Gasteiger partial charge in [-0.25, -0.2) is 23.1 Å². The summed E-state index contributed by atoms with van der Waals surface area (Å²) < 4.78 is 23.8. The van der Waals surface area contributed by atoms with Gasteiger partial charge in [0.1, 0.15) is 0 Å². The Morgan fingerprint density at radius 3 is 2.50 bits per heavy atom. The van der Waals surface area contributed by atoms with Crippen molar-refractivity contribution in [1.29, 1.82) is 0 Å². The number of benzene rings is 1. The summed E-state index contributed by atoms with van der Waals surface area (Å²) in [6.45, 7) is 1.83. The number of aryl methyl sites for hydroxylation is 1. The lowest BCUT2D eigenvalue weighted by atomic mass is 10.1. The molecule has 2 N–H and O–H groups in total. The smallest absolute Gasteiger partial charge is 0.222 e. The average molecular weight is 289 g/mol. The Hall–Kier alpha value is -2.32. The van der Waals surface area contributed by atoms with Gasteiger partial charge in [0.25, 0.3) is 21.0 Å². The summed E-state index contributed by atoms with van der Waals surface area (Å²) in [6, 6.07) is 9.62. The third-order valence-corrected chi connectivity index (χ3v) is 3.52. The quantitative estimate of drug-likeness (QED) is 0.749. The lowest BCUT2D eigenvalue weighted by molar-refractivity contribution is 0.588. The Bertz CT molecular complexity index is 887. The molecule has 0 aliphatic heterocycles. The van der Waals surface area contributed by atoms with Crippen LogP contribution in [0.5, 0.6) is 0 Å². The van der Waals surface area contributed by atoms with Crippen LogP contribution in [-0.2, 0) is 10.0 Å². The second-order valence-electron chi connectivity index (χ2n) is 4.29. The van der Waals surface area contributed by atoms with Crippen molar-refractivity contribution < 1.29 is 8.42 Å². The zero-order valence-electron chi connectivity index (χ0n) is 10.6. The number of aromatic nitrogens is 4. The van der Waals surface area contributed by atoms with Crippen molar-refractivity contribution in [2.75, 3.05) is 0 Å². The van der Waals surface area contributed by atoms with E-state index in [-0.39, 0.29) is 5.78 Å². The van der Waals surface area contributed by atoms with E-state index < -0.39 is 15.2 Å². The Kier molecular flexibility index (Phi) is 2.77. The molecular weight excluding hydrogens is 278 g/mol. The first-order chi connectivity index (χ1) is 9.45. The van der Waals surface area contributed by atoms with E-state index in [1.54, 1.807) is 6.20 Å². The molecule has 0 amide bonds. The molecule has 0 bridgehead atoms. The summed E-state index contributed by atoms with van der Waals surface area (Å²) in [5.41, 5.74) is 2.55. The number of rotatable bonds is 2. The van der Waals surface area contributed by atoms with Gasteiger partial charge in [-0.05, 0) is 12.5 Å². The van der Waals surface area contributed by atoms with Crippen molar-refractivity contribution in [3.63, 3.8) is 0 Å². The molecule has 0 radical (unpaired) electrons. The van der Waals surface area contributed by atoms with Crippen LogP contribution in [0.2, 0.25) is 0 Å². The van der Waals surface area contributed by atoms with Crippen molar-refractivity contribution >= 4 is 15.8 Å². The summed E-state index contributed by atoms with van der Waals surface area (Å²) >= 11 is 0. The fraction of sp³-hybridized carbons (Fsp3) is 0.0833. The summed E-state index contributed by atoms with van der Waals surface area (Å²) in [7, 11) is -3.94. The van der Waals surface area contributed by atoms with Crippen LogP contribution in [0.25, 0.3) is 16.9 Å². The molecule has 0 atom stereocenters. The van der Waals surface area contributed by atoms with Crippen molar-refractivity contribution in [3.8, 4) is 11.1 Å². The first-order valence-corrected chi connectivity index (χ1v) is 7.32. The van der Waals surface area contributed by atoms with Gasteiger partial charge in [-0.3, -0.25) is 0 Å². The third kappa shape index (κ3) is 2.15. The van der Waals surface area contributed by atoms with Gasteiger partial charge in [0.2, 0.25) is 0 Å². The van der Waals surface area contributed by atoms with E-state index in [0.29, 0.717) is 0 Å². The molecule has 1 aromatic carbocycles. The van der Waals surface area contributed by atoms with E-state index in [9.17, 15) is 8.42 Å². The van der Waals surface area contributed by atoms with Crippen LogP contribution >= 0.6 is 0 Å². The summed E-state index contributed by atoms with van der Waals surface area (Å²) in [5, 5.41) is 8.42. The highest BCUT2D eigenvalue weighted by atomic mass is 32.2. The maximum atomic E-state index is 11.3. The molecule has 0 aliphatic rings. The second-order valence-corrected chi connectivity index (χ2v) is 5.75. The SMILES string of the molecule is Cc1nc2nc(S(N)(=O)=O)nn2cc1-c1ccccc1. The molecule has 8 heteroatoms. The number of sulfonamides is 1. The normalized spacial score (nSPS) is 11.9. The van der Waals surface area contributed by atoms with Crippen molar-refractivity contribution in [2.45, 2.75) is 12.1 Å². The molecule has 2 heterocycles. The van der Waals surface area contributed by atoms with Crippen LogP contribution in [0.3, 0.4) is 0 Å². The zero-order valence-corrected chi connectivity index (χ0v) is 11.4. The Morgan fingerprint density at radius 1 is 1.15 bits per heavy atom. The molecule has 7 nitrogen and oxygen atoms in total. The minimum Gasteiger partial charge on any atom is -0.222 e. The first kappa shape index (κ1) is 12.7. The van der Waals surface area contributed by atoms with Gasteiger partial charge in [0.05, 0.1) is 5.69 Å². The minimum absolute atomic E-state index is 0.200. The number of hydrogen-bond donors (Lipinski definition) is 1. The number of nitrogens with zero attached hydrogens (tertiary/aromatic N) is 4. The monoisotopic (exact) mass is 289 g/mol. The molecule has 102 valence electrons. The molecule has 0 spiro atoms. The Morgan fingerprint density at radius 2 is 1.85 bits per heavy atom. The van der Waals surface area contributed by atoms with Crippen molar-refractivity contribution in [1.82, 2.24) is 19.6 Å². The predicted molar refractivity (Wildman–Crippen MR) is 72.3 cm³/mol. The maximum absolute atomic E-state index is 11.3. The van der Waals surface area contributed by atoms with Gasteiger partial charge >= 0.3 is 0 Å². The first-order valence-electron chi connectivity index (χ1n) is 5.77. The summed E-state index contributed by atoms with van der Waals surface area (Å²) in [4.78, 5) is 8.06. The number of hydrogen-bond acceptors (Lipinski definition) is 5. The van der Waals surface area contributed by atoms with Crippen LogP contribution < -0.4 is 5.14 Å². The lowest BCUT2D eigenvalue weighted by Gasteiger charge is -2.04. The molecule has 0 aliphatic carbocycles. The van der Waals surface area contributed by atoms with E-state index in [1.165, 1.54) is 4.52 Å². The molecule has 3 aromatic rings. The highest BCUT2D eigenvalue weighted by Crippen LogP contribution is 2.21. The Balaban J connectivity index is 2.24. The highest BCUT2D eigenvalue weighted by molar-refractivity contribution is 7.89. The minimum atomic E-state index is -3.94. The van der Waals surface area contributed by atoms with Gasteiger partial charge in [0, 0.05) is 11.8 Å². The van der Waals surface area contributed by atoms with E-state index in [1.807, 2.05) is 37.3 Å². The molecule has 20 heavy (non-hydrogen) atoms. The van der Waals surface area contributed by atoms with E-state index in [2.05, 4.69) is 15.1 Å². The molecule has 3 rings (SSSR count). The number of primary sulfonamides is 1. The molecule has 0 unspecified atom stereocenters. The second kappa shape index (κ2) is 4.36. The van der Waals surface area contributed by atoms with Gasteiger partial charge in [-0.15, -0.1) is 5.10 Å². The zero-order chi connectivity index (χ0) is 14.3. The predicted octanol–water partition coefficient (Wildman–Crippen LogP) is 0.747. The summed E-state index contributed by atoms with van der Waals surface area (Å²) in [6.07, 6.45) is 1.69. The van der Waals surface area contributed by atoms with Gasteiger partial charge in [0.15, 0.2) is 0 Å². The molecule has 0 saturated heterocycles. The lowest BCUT2D eigenvalue weighted by Crippen LogP contribution is -2.14. The summed E-state index contributed by atoms with van der Waals surface area (Å²) in [5.74, 6) is 0.200. The van der Waals surface area contributed by atoms with Crippen molar-refractivity contribution in [2.24, 2.45) is 5.14 Å². The fourth-order valence-corrected chi connectivity index (χ4v) is 2.32. The van der Waals surface area contributed by atoms with Crippen LogP contribution in [0.15, 0.2) is 41.7 Å². The van der Waals surface area contributed by atoms with Crippen LogP contribution in [0.4, 0.5) is 0 Å². The van der Waals surface area contributed by atoms with Crippen LogP contribution in [0, 0.1) is 6.92 Å². The Labute approximate surface area is 115 Å². The number of fused-ring (bicyclic) bond motifs is 1. The molecule has 0 saturated carbocycles. The van der Waals surface area contributed by atoms with E-state index in [4.69, 9.17) is 5.14 Å². The fourth-order valence-electron chi connectivity index (χ4n) is 1.91. The largest absolute Gasteiger partial charge is 0.284 e. The maximum Gasteiger partial charge on any atom is 0.284 e. The van der Waals surface area contributed by atoms with Crippen molar-refractivity contribution in [3.05, 3.63) is 42.2 Å². The highest BCUT2D eigenvalue weighted by Gasteiger charge is 2.17.